The summed E-state index contributed by atoms with van der Waals surface area (Å²) in [4.78, 5) is 26.3. The average molecular weight is 473 g/mol. The molecule has 0 aromatic heterocycles. The number of ether oxygens (including phenoxy) is 3. The zero-order chi connectivity index (χ0) is 23.8. The number of methoxy groups -OCH3 is 1. The van der Waals surface area contributed by atoms with E-state index in [-0.39, 0.29) is 24.2 Å². The van der Waals surface area contributed by atoms with E-state index in [1.165, 1.54) is 19.2 Å². The molecule has 182 valence electrons. The third-order valence-corrected chi connectivity index (χ3v) is 6.36. The molecule has 0 saturated carbocycles. The Labute approximate surface area is 188 Å². The lowest BCUT2D eigenvalue weighted by molar-refractivity contribution is -0.185. The normalized spacial score (nSPS) is 30.6. The maximum absolute atomic E-state index is 12.9. The number of hydrogen-bond donors (Lipinski definition) is 3. The molecule has 33 heavy (non-hydrogen) atoms. The summed E-state index contributed by atoms with van der Waals surface area (Å²) in [6.07, 6.45) is -5.74. The van der Waals surface area contributed by atoms with Crippen molar-refractivity contribution in [2.24, 2.45) is 5.92 Å². The number of likely N-dealkylation sites (tertiary alicyclic amines) is 1. The number of nitrogens with zero attached hydrogens (tertiary/aromatic N) is 1. The van der Waals surface area contributed by atoms with Crippen molar-refractivity contribution in [1.82, 2.24) is 10.2 Å². The number of aliphatic hydroxyl groups is 1. The van der Waals surface area contributed by atoms with E-state index >= 15 is 0 Å². The van der Waals surface area contributed by atoms with Crippen molar-refractivity contribution in [3.8, 4) is 0 Å². The van der Waals surface area contributed by atoms with Gasteiger partial charge < -0.3 is 30.0 Å². The van der Waals surface area contributed by atoms with E-state index in [4.69, 9.17) is 14.2 Å². The molecule has 5 unspecified atom stereocenters. The zero-order valence-corrected chi connectivity index (χ0v) is 17.9. The number of amides is 2. The van der Waals surface area contributed by atoms with Crippen LogP contribution in [0.3, 0.4) is 0 Å². The van der Waals surface area contributed by atoms with Gasteiger partial charge in [-0.3, -0.25) is 9.69 Å². The van der Waals surface area contributed by atoms with Gasteiger partial charge in [-0.25, -0.2) is 4.79 Å². The van der Waals surface area contributed by atoms with Gasteiger partial charge in [-0.2, -0.15) is 13.2 Å². The lowest BCUT2D eigenvalue weighted by Gasteiger charge is -2.45. The summed E-state index contributed by atoms with van der Waals surface area (Å²) in [5.74, 6) is -0.476. The van der Waals surface area contributed by atoms with Crippen molar-refractivity contribution in [2.45, 2.75) is 49.6 Å². The molecule has 3 aliphatic rings. The Kier molecular flexibility index (Phi) is 6.80. The van der Waals surface area contributed by atoms with Crippen molar-refractivity contribution < 1.29 is 42.1 Å². The van der Waals surface area contributed by atoms with Crippen LogP contribution in [0.2, 0.25) is 0 Å². The van der Waals surface area contributed by atoms with Crippen LogP contribution in [0.4, 0.5) is 23.7 Å². The molecule has 3 heterocycles. The Bertz CT molecular complexity index is 877. The average Bonchev–Trinajstić information content (AvgIpc) is 3.21. The number of nitrogens with one attached hydrogen (secondary N) is 2. The van der Waals surface area contributed by atoms with E-state index in [2.05, 4.69) is 10.6 Å². The summed E-state index contributed by atoms with van der Waals surface area (Å²) in [5, 5.41) is 16.1. The molecule has 0 spiro atoms. The van der Waals surface area contributed by atoms with E-state index in [1.807, 2.05) is 4.90 Å². The number of piperidine rings is 1. The van der Waals surface area contributed by atoms with Gasteiger partial charge >= 0.3 is 18.2 Å². The number of benzene rings is 1. The third-order valence-electron chi connectivity index (χ3n) is 6.36. The summed E-state index contributed by atoms with van der Waals surface area (Å²) in [6, 6.07) is 2.10. The van der Waals surface area contributed by atoms with Crippen molar-refractivity contribution in [3.05, 3.63) is 29.8 Å². The fourth-order valence-corrected chi connectivity index (χ4v) is 4.66. The zero-order valence-electron chi connectivity index (χ0n) is 17.9. The Morgan fingerprint density at radius 2 is 1.97 bits per heavy atom. The molecule has 9 nitrogen and oxygen atoms in total. The van der Waals surface area contributed by atoms with Gasteiger partial charge in [0, 0.05) is 5.69 Å². The number of carbonyl (C=O) groups is 2. The molecule has 3 saturated heterocycles. The van der Waals surface area contributed by atoms with Crippen molar-refractivity contribution >= 4 is 17.7 Å². The minimum Gasteiger partial charge on any atom is -0.469 e. The summed E-state index contributed by atoms with van der Waals surface area (Å²) >= 11 is 0. The highest BCUT2D eigenvalue weighted by Gasteiger charge is 2.53. The van der Waals surface area contributed by atoms with Gasteiger partial charge in [-0.15, -0.1) is 0 Å². The van der Waals surface area contributed by atoms with Crippen LogP contribution in [0.1, 0.15) is 18.4 Å². The van der Waals surface area contributed by atoms with Gasteiger partial charge in [0.25, 0.3) is 0 Å². The van der Waals surface area contributed by atoms with Gasteiger partial charge in [0.15, 0.2) is 6.29 Å². The highest BCUT2D eigenvalue weighted by Crippen LogP contribution is 2.34. The minimum absolute atomic E-state index is 0.0319. The molecule has 3 N–H and O–H groups in total. The first kappa shape index (κ1) is 23.7. The number of urea groups is 1. The largest absolute Gasteiger partial charge is 0.469 e. The van der Waals surface area contributed by atoms with Crippen LogP contribution < -0.4 is 10.6 Å². The Hall–Kier alpha value is -2.41. The van der Waals surface area contributed by atoms with Gasteiger partial charge in [-0.05, 0) is 44.1 Å². The Morgan fingerprint density at radius 3 is 2.64 bits per heavy atom. The fraction of sp³-hybridized carbons (Fsp3) is 0.619. The number of carbonyl (C=O) groups excluding carboxylic acids is 2. The number of esters is 1. The van der Waals surface area contributed by atoms with Crippen LogP contribution in [-0.4, -0.2) is 79.4 Å². The second-order valence-corrected chi connectivity index (χ2v) is 8.39. The highest BCUT2D eigenvalue weighted by molar-refractivity contribution is 5.89. The standard InChI is InChI=1S/C21H26F3N3O6/c1-31-18(29)11-5-7-27(8-6-11)16-17(28)15(14-10-32-19(16)33-14)26-20(30)25-13-4-2-3-12(9-13)21(22,23)24/h2-4,9,11,14-17,19,28H,5-8,10H2,1H3,(H2,25,26,30). The maximum Gasteiger partial charge on any atom is 0.416 e. The number of aliphatic hydroxyl groups excluding tert-OH is 1. The molecule has 1 aromatic carbocycles. The number of alkyl halides is 3. The molecular weight excluding hydrogens is 447 g/mol. The summed E-state index contributed by atoms with van der Waals surface area (Å²) in [6.45, 7) is 1.18. The van der Waals surface area contributed by atoms with Gasteiger partial charge in [-0.1, -0.05) is 6.07 Å². The van der Waals surface area contributed by atoms with Crippen LogP contribution in [0, 0.1) is 5.92 Å². The van der Waals surface area contributed by atoms with Crippen molar-refractivity contribution in [3.63, 3.8) is 0 Å². The highest BCUT2D eigenvalue weighted by atomic mass is 19.4. The molecule has 0 radical (unpaired) electrons. The Balaban J connectivity index is 1.40. The van der Waals surface area contributed by atoms with Crippen molar-refractivity contribution in [1.29, 1.82) is 0 Å². The summed E-state index contributed by atoms with van der Waals surface area (Å²) in [5.41, 5.74) is -0.917. The molecule has 5 atom stereocenters. The SMILES string of the molecule is COC(=O)C1CCN(C2C3OCC(O3)C(NC(=O)Nc3cccc(C(F)(F)F)c3)C2O)CC1. The van der Waals surface area contributed by atoms with E-state index in [0.717, 1.165) is 12.1 Å². The number of fused-ring (bicyclic) bond motifs is 2. The van der Waals surface area contributed by atoms with Crippen LogP contribution in [-0.2, 0) is 25.2 Å². The molecule has 2 bridgehead atoms. The number of hydrogen-bond acceptors (Lipinski definition) is 7. The quantitative estimate of drug-likeness (QED) is 0.570. The monoisotopic (exact) mass is 473 g/mol. The predicted molar refractivity (Wildman–Crippen MR) is 108 cm³/mol. The van der Waals surface area contributed by atoms with Crippen LogP contribution >= 0.6 is 0 Å². The molecule has 2 amide bonds. The van der Waals surface area contributed by atoms with Crippen LogP contribution in [0.25, 0.3) is 0 Å². The number of halogens is 3. The number of anilines is 1. The van der Waals surface area contributed by atoms with E-state index < -0.39 is 48.4 Å². The van der Waals surface area contributed by atoms with Crippen LogP contribution in [0.5, 0.6) is 0 Å². The molecule has 1 aromatic rings. The second-order valence-electron chi connectivity index (χ2n) is 8.39. The summed E-state index contributed by atoms with van der Waals surface area (Å²) in [7, 11) is 1.35. The first-order valence-electron chi connectivity index (χ1n) is 10.7. The topological polar surface area (TPSA) is 109 Å². The minimum atomic E-state index is -4.54. The Morgan fingerprint density at radius 1 is 1.24 bits per heavy atom. The maximum atomic E-state index is 12.9. The number of rotatable bonds is 4. The lowest BCUT2D eigenvalue weighted by Crippen LogP contribution is -2.66. The van der Waals surface area contributed by atoms with E-state index in [9.17, 15) is 27.9 Å². The molecular formula is C21H26F3N3O6. The first-order valence-corrected chi connectivity index (χ1v) is 10.7. The molecule has 3 fully saturated rings. The first-order chi connectivity index (χ1) is 15.7. The summed E-state index contributed by atoms with van der Waals surface area (Å²) < 4.78 is 55.1. The molecule has 12 heteroatoms. The van der Waals surface area contributed by atoms with E-state index in [0.29, 0.717) is 25.9 Å². The van der Waals surface area contributed by atoms with Gasteiger partial charge in [0.2, 0.25) is 0 Å². The third kappa shape index (κ3) is 5.08. The van der Waals surface area contributed by atoms with Crippen LogP contribution in [0.15, 0.2) is 24.3 Å². The van der Waals surface area contributed by atoms with Crippen molar-refractivity contribution in [2.75, 3.05) is 32.1 Å². The van der Waals surface area contributed by atoms with Gasteiger partial charge in [0.1, 0.15) is 6.10 Å². The lowest BCUT2D eigenvalue weighted by atomic mass is 9.91. The smallest absolute Gasteiger partial charge is 0.416 e. The predicted octanol–water partition coefficient (Wildman–Crippen LogP) is 1.57. The molecule has 3 aliphatic heterocycles. The molecule has 0 aliphatic carbocycles. The van der Waals surface area contributed by atoms with Gasteiger partial charge in [0.05, 0.1) is 43.4 Å². The second kappa shape index (κ2) is 9.45. The van der Waals surface area contributed by atoms with E-state index in [1.54, 1.807) is 0 Å². The fourth-order valence-electron chi connectivity index (χ4n) is 4.66. The molecule has 4 rings (SSSR count).